The standard InChI is InChI=1S/C23H21N3O3S/c1-15-8-9-17(12-16(15)2)13-26-22(28)21-19(10-11-30-21)25(23(26)29)14-20(27)24-18-6-4-3-5-7-18/h3-12H,13-14H2,1-2H3,(H,24,27). The highest BCUT2D eigenvalue weighted by Gasteiger charge is 2.17. The van der Waals surface area contributed by atoms with E-state index in [1.165, 1.54) is 20.5 Å². The average molecular weight is 420 g/mol. The van der Waals surface area contributed by atoms with Crippen molar-refractivity contribution in [2.24, 2.45) is 0 Å². The molecule has 0 spiro atoms. The molecular weight excluding hydrogens is 398 g/mol. The molecule has 0 aliphatic heterocycles. The third kappa shape index (κ3) is 3.84. The number of hydrogen-bond acceptors (Lipinski definition) is 4. The SMILES string of the molecule is Cc1ccc(Cn2c(=O)c3sccc3n(CC(=O)Nc3ccccc3)c2=O)cc1C. The Kier molecular flexibility index (Phi) is 5.37. The van der Waals surface area contributed by atoms with Gasteiger partial charge in [0.1, 0.15) is 11.2 Å². The van der Waals surface area contributed by atoms with Gasteiger partial charge < -0.3 is 5.32 Å². The minimum Gasteiger partial charge on any atom is -0.325 e. The average Bonchev–Trinajstić information content (AvgIpc) is 3.22. The number of nitrogens with one attached hydrogen (secondary N) is 1. The summed E-state index contributed by atoms with van der Waals surface area (Å²) >= 11 is 1.27. The number of thiophene rings is 1. The lowest BCUT2D eigenvalue weighted by molar-refractivity contribution is -0.116. The molecule has 152 valence electrons. The lowest BCUT2D eigenvalue weighted by atomic mass is 10.1. The Morgan fingerprint density at radius 1 is 0.967 bits per heavy atom. The molecule has 0 saturated carbocycles. The minimum absolute atomic E-state index is 0.160. The van der Waals surface area contributed by atoms with E-state index in [4.69, 9.17) is 0 Å². The smallest absolute Gasteiger partial charge is 0.325 e. The fraction of sp³-hybridized carbons (Fsp3) is 0.174. The van der Waals surface area contributed by atoms with Crippen molar-refractivity contribution in [2.75, 3.05) is 5.32 Å². The summed E-state index contributed by atoms with van der Waals surface area (Å²) in [5.41, 5.74) is 3.43. The van der Waals surface area contributed by atoms with E-state index in [2.05, 4.69) is 5.32 Å². The number of anilines is 1. The molecule has 0 saturated heterocycles. The summed E-state index contributed by atoms with van der Waals surface area (Å²) in [6.45, 7) is 4.00. The maximum Gasteiger partial charge on any atom is 0.332 e. The van der Waals surface area contributed by atoms with E-state index in [0.717, 1.165) is 16.7 Å². The predicted molar refractivity (Wildman–Crippen MR) is 120 cm³/mol. The van der Waals surface area contributed by atoms with Crippen LogP contribution in [0.1, 0.15) is 16.7 Å². The van der Waals surface area contributed by atoms with Gasteiger partial charge in [0.05, 0.1) is 12.1 Å². The first-order valence-corrected chi connectivity index (χ1v) is 10.4. The van der Waals surface area contributed by atoms with E-state index in [-0.39, 0.29) is 24.6 Å². The number of carbonyl (C=O) groups excluding carboxylic acids is 1. The minimum atomic E-state index is -0.493. The van der Waals surface area contributed by atoms with Gasteiger partial charge in [-0.3, -0.25) is 18.7 Å². The number of hydrogen-bond donors (Lipinski definition) is 1. The lowest BCUT2D eigenvalue weighted by Crippen LogP contribution is -2.41. The molecular formula is C23H21N3O3S. The molecule has 6 nitrogen and oxygen atoms in total. The van der Waals surface area contributed by atoms with Crippen molar-refractivity contribution in [1.82, 2.24) is 9.13 Å². The molecule has 4 rings (SSSR count). The van der Waals surface area contributed by atoms with Crippen LogP contribution in [0.25, 0.3) is 10.2 Å². The maximum atomic E-state index is 13.2. The Morgan fingerprint density at radius 3 is 2.47 bits per heavy atom. The predicted octanol–water partition coefficient (Wildman–Crippen LogP) is 3.53. The van der Waals surface area contributed by atoms with Crippen LogP contribution in [0.3, 0.4) is 0 Å². The summed E-state index contributed by atoms with van der Waals surface area (Å²) in [5.74, 6) is -0.327. The van der Waals surface area contributed by atoms with E-state index >= 15 is 0 Å². The summed E-state index contributed by atoms with van der Waals surface area (Å²) in [4.78, 5) is 38.7. The van der Waals surface area contributed by atoms with Crippen LogP contribution in [0, 0.1) is 13.8 Å². The van der Waals surface area contributed by atoms with Gasteiger partial charge in [-0.2, -0.15) is 0 Å². The zero-order valence-electron chi connectivity index (χ0n) is 16.7. The van der Waals surface area contributed by atoms with Crippen molar-refractivity contribution in [3.8, 4) is 0 Å². The number of rotatable bonds is 5. The summed E-state index contributed by atoms with van der Waals surface area (Å²) in [6, 6.07) is 16.6. The molecule has 0 unspecified atom stereocenters. The number of nitrogens with zero attached hydrogens (tertiary/aromatic N) is 2. The van der Waals surface area contributed by atoms with E-state index < -0.39 is 5.69 Å². The molecule has 2 aromatic heterocycles. The first-order chi connectivity index (χ1) is 14.4. The van der Waals surface area contributed by atoms with Crippen LogP contribution < -0.4 is 16.6 Å². The largest absolute Gasteiger partial charge is 0.332 e. The van der Waals surface area contributed by atoms with Gasteiger partial charge in [-0.25, -0.2) is 4.79 Å². The number of para-hydroxylation sites is 1. The molecule has 1 amide bonds. The fourth-order valence-corrected chi connectivity index (χ4v) is 4.22. The van der Waals surface area contributed by atoms with Crippen LogP contribution in [0.5, 0.6) is 0 Å². The first-order valence-electron chi connectivity index (χ1n) is 9.56. The Hall–Kier alpha value is -3.45. The van der Waals surface area contributed by atoms with Crippen molar-refractivity contribution in [3.05, 3.63) is 97.5 Å². The number of aryl methyl sites for hydroxylation is 2. The third-order valence-electron chi connectivity index (χ3n) is 5.11. The lowest BCUT2D eigenvalue weighted by Gasteiger charge is -2.13. The number of carbonyl (C=O) groups is 1. The van der Waals surface area contributed by atoms with Crippen LogP contribution in [0.15, 0.2) is 69.6 Å². The van der Waals surface area contributed by atoms with Crippen molar-refractivity contribution in [1.29, 1.82) is 0 Å². The molecule has 30 heavy (non-hydrogen) atoms. The summed E-state index contributed by atoms with van der Waals surface area (Å²) in [5, 5.41) is 4.55. The molecule has 0 fully saturated rings. The molecule has 0 aliphatic rings. The highest BCUT2D eigenvalue weighted by atomic mass is 32.1. The molecule has 0 radical (unpaired) electrons. The number of fused-ring (bicyclic) bond motifs is 1. The Bertz CT molecular complexity index is 1350. The summed E-state index contributed by atoms with van der Waals surface area (Å²) < 4.78 is 3.04. The van der Waals surface area contributed by atoms with Crippen LogP contribution in [0.2, 0.25) is 0 Å². The molecule has 0 bridgehead atoms. The summed E-state index contributed by atoms with van der Waals surface area (Å²) in [7, 11) is 0. The molecule has 4 aromatic rings. The topological polar surface area (TPSA) is 73.1 Å². The van der Waals surface area contributed by atoms with Crippen molar-refractivity contribution in [2.45, 2.75) is 26.9 Å². The second-order valence-electron chi connectivity index (χ2n) is 7.23. The summed E-state index contributed by atoms with van der Waals surface area (Å²) in [6.07, 6.45) is 0. The Labute approximate surface area is 177 Å². The van der Waals surface area contributed by atoms with Crippen LogP contribution >= 0.6 is 11.3 Å². The zero-order valence-corrected chi connectivity index (χ0v) is 17.5. The van der Waals surface area contributed by atoms with E-state index in [1.807, 2.05) is 50.2 Å². The normalized spacial score (nSPS) is 11.0. The monoisotopic (exact) mass is 419 g/mol. The van der Waals surface area contributed by atoms with Crippen LogP contribution in [0.4, 0.5) is 5.69 Å². The van der Waals surface area contributed by atoms with Gasteiger partial charge in [-0.15, -0.1) is 11.3 Å². The molecule has 0 aliphatic carbocycles. The molecule has 2 aromatic carbocycles. The van der Waals surface area contributed by atoms with Crippen LogP contribution in [-0.2, 0) is 17.9 Å². The fourth-order valence-electron chi connectivity index (χ4n) is 3.38. The highest BCUT2D eigenvalue weighted by molar-refractivity contribution is 7.17. The molecule has 1 N–H and O–H groups in total. The van der Waals surface area contributed by atoms with E-state index in [9.17, 15) is 14.4 Å². The number of amides is 1. The first kappa shape index (κ1) is 19.8. The molecule has 0 atom stereocenters. The van der Waals surface area contributed by atoms with Gasteiger partial charge in [-0.1, -0.05) is 36.4 Å². The number of aromatic nitrogens is 2. The van der Waals surface area contributed by atoms with Gasteiger partial charge in [0, 0.05) is 5.69 Å². The number of benzene rings is 2. The van der Waals surface area contributed by atoms with Gasteiger partial charge >= 0.3 is 5.69 Å². The highest BCUT2D eigenvalue weighted by Crippen LogP contribution is 2.16. The molecule has 2 heterocycles. The van der Waals surface area contributed by atoms with Gasteiger partial charge in [0.15, 0.2) is 0 Å². The van der Waals surface area contributed by atoms with Gasteiger partial charge in [0.25, 0.3) is 5.56 Å². The Morgan fingerprint density at radius 2 is 1.73 bits per heavy atom. The quantitative estimate of drug-likeness (QED) is 0.538. The van der Waals surface area contributed by atoms with Crippen molar-refractivity contribution < 1.29 is 4.79 Å². The molecule has 7 heteroatoms. The van der Waals surface area contributed by atoms with Gasteiger partial charge in [-0.05, 0) is 54.1 Å². The van der Waals surface area contributed by atoms with E-state index in [0.29, 0.717) is 15.9 Å². The van der Waals surface area contributed by atoms with E-state index in [1.54, 1.807) is 23.6 Å². The third-order valence-corrected chi connectivity index (χ3v) is 6.00. The maximum absolute atomic E-state index is 13.2. The second kappa shape index (κ2) is 8.12. The van der Waals surface area contributed by atoms with Crippen molar-refractivity contribution in [3.63, 3.8) is 0 Å². The Balaban J connectivity index is 1.73. The second-order valence-corrected chi connectivity index (χ2v) is 8.14. The van der Waals surface area contributed by atoms with Gasteiger partial charge in [0.2, 0.25) is 5.91 Å². The van der Waals surface area contributed by atoms with Crippen LogP contribution in [-0.4, -0.2) is 15.0 Å². The zero-order chi connectivity index (χ0) is 21.3. The van der Waals surface area contributed by atoms with Crippen molar-refractivity contribution >= 4 is 33.1 Å².